The molecule has 6 nitrogen and oxygen atoms in total. The standard InChI is InChI=1S/C12H22N2O4S/c1-10-5-2-3-8-14(10)19(17,18)13-7-4-6-11(9-13)12(15)16/h10-11H,2-9H2,1H3,(H,15,16)/t10?,11-/m0/s1. The molecular formula is C12H22N2O4S. The summed E-state index contributed by atoms with van der Waals surface area (Å²) in [5, 5.41) is 9.05. The fourth-order valence-corrected chi connectivity index (χ4v) is 4.86. The van der Waals surface area contributed by atoms with E-state index >= 15 is 0 Å². The average Bonchev–Trinajstić information content (AvgIpc) is 2.39. The number of piperidine rings is 2. The molecule has 0 spiro atoms. The van der Waals surface area contributed by atoms with Crippen LogP contribution in [-0.2, 0) is 15.0 Å². The lowest BCUT2D eigenvalue weighted by Crippen LogP contribution is -2.52. The van der Waals surface area contributed by atoms with Crippen LogP contribution in [0.2, 0.25) is 0 Å². The lowest BCUT2D eigenvalue weighted by Gasteiger charge is -2.38. The second-order valence-electron chi connectivity index (χ2n) is 5.50. The third-order valence-corrected chi connectivity index (χ3v) is 6.22. The molecule has 2 heterocycles. The van der Waals surface area contributed by atoms with Crippen molar-refractivity contribution in [2.24, 2.45) is 5.92 Å². The van der Waals surface area contributed by atoms with E-state index in [4.69, 9.17) is 5.11 Å². The maximum Gasteiger partial charge on any atom is 0.307 e. The number of rotatable bonds is 3. The van der Waals surface area contributed by atoms with Crippen LogP contribution in [0, 0.1) is 5.92 Å². The van der Waals surface area contributed by atoms with Crippen molar-refractivity contribution in [2.45, 2.75) is 45.1 Å². The zero-order valence-corrected chi connectivity index (χ0v) is 12.1. The molecule has 0 saturated carbocycles. The Balaban J connectivity index is 2.12. The average molecular weight is 290 g/mol. The quantitative estimate of drug-likeness (QED) is 0.838. The van der Waals surface area contributed by atoms with Gasteiger partial charge < -0.3 is 5.11 Å². The number of hydrogen-bond acceptors (Lipinski definition) is 3. The fraction of sp³-hybridized carbons (Fsp3) is 0.917. The van der Waals surface area contributed by atoms with Crippen LogP contribution in [0.25, 0.3) is 0 Å². The van der Waals surface area contributed by atoms with Crippen LogP contribution < -0.4 is 0 Å². The van der Waals surface area contributed by atoms with Crippen molar-refractivity contribution in [3.63, 3.8) is 0 Å². The van der Waals surface area contributed by atoms with Crippen molar-refractivity contribution in [1.29, 1.82) is 0 Å². The second kappa shape index (κ2) is 5.76. The van der Waals surface area contributed by atoms with Gasteiger partial charge >= 0.3 is 5.97 Å². The van der Waals surface area contributed by atoms with Gasteiger partial charge in [0, 0.05) is 25.7 Å². The third-order valence-electron chi connectivity index (χ3n) is 4.10. The number of carbonyl (C=O) groups is 1. The Morgan fingerprint density at radius 2 is 1.89 bits per heavy atom. The number of nitrogens with zero attached hydrogens (tertiary/aromatic N) is 2. The summed E-state index contributed by atoms with van der Waals surface area (Å²) in [6, 6.07) is 0.0176. The number of hydrogen-bond donors (Lipinski definition) is 1. The Morgan fingerprint density at radius 3 is 2.53 bits per heavy atom. The van der Waals surface area contributed by atoms with E-state index in [1.807, 2.05) is 6.92 Å². The highest BCUT2D eigenvalue weighted by Crippen LogP contribution is 2.26. The summed E-state index contributed by atoms with van der Waals surface area (Å²) in [5.74, 6) is -1.46. The predicted molar refractivity (Wildman–Crippen MR) is 70.9 cm³/mol. The summed E-state index contributed by atoms with van der Waals surface area (Å²) >= 11 is 0. The van der Waals surface area contributed by atoms with E-state index in [-0.39, 0.29) is 12.6 Å². The molecule has 110 valence electrons. The van der Waals surface area contributed by atoms with Crippen LogP contribution in [-0.4, -0.2) is 53.8 Å². The van der Waals surface area contributed by atoms with Gasteiger partial charge in [-0.2, -0.15) is 17.0 Å². The van der Waals surface area contributed by atoms with Crippen LogP contribution in [0.15, 0.2) is 0 Å². The molecule has 0 radical (unpaired) electrons. The highest BCUT2D eigenvalue weighted by atomic mass is 32.2. The van der Waals surface area contributed by atoms with Crippen molar-refractivity contribution in [3.05, 3.63) is 0 Å². The topological polar surface area (TPSA) is 77.9 Å². The third kappa shape index (κ3) is 3.09. The minimum Gasteiger partial charge on any atom is -0.481 e. The number of aliphatic carboxylic acids is 1. The van der Waals surface area contributed by atoms with Crippen LogP contribution in [0.1, 0.15) is 39.0 Å². The van der Waals surface area contributed by atoms with Gasteiger partial charge in [-0.05, 0) is 32.6 Å². The smallest absolute Gasteiger partial charge is 0.307 e. The summed E-state index contributed by atoms with van der Waals surface area (Å²) in [6.07, 6.45) is 4.02. The molecule has 0 aliphatic carbocycles. The van der Waals surface area contributed by atoms with Crippen molar-refractivity contribution in [1.82, 2.24) is 8.61 Å². The van der Waals surface area contributed by atoms with Gasteiger partial charge in [-0.15, -0.1) is 0 Å². The van der Waals surface area contributed by atoms with Gasteiger partial charge in [0.1, 0.15) is 0 Å². The normalized spacial score (nSPS) is 31.2. The van der Waals surface area contributed by atoms with Gasteiger partial charge in [-0.1, -0.05) is 6.42 Å². The van der Waals surface area contributed by atoms with Gasteiger partial charge in [0.05, 0.1) is 5.92 Å². The summed E-state index contributed by atoms with van der Waals surface area (Å²) in [4.78, 5) is 11.0. The minimum absolute atomic E-state index is 0.0176. The largest absolute Gasteiger partial charge is 0.481 e. The van der Waals surface area contributed by atoms with E-state index < -0.39 is 22.1 Å². The first kappa shape index (κ1) is 14.7. The monoisotopic (exact) mass is 290 g/mol. The maximum absolute atomic E-state index is 12.6. The molecule has 2 aliphatic heterocycles. The van der Waals surface area contributed by atoms with Gasteiger partial charge in [-0.3, -0.25) is 4.79 Å². The van der Waals surface area contributed by atoms with Crippen molar-refractivity contribution in [3.8, 4) is 0 Å². The lowest BCUT2D eigenvalue weighted by atomic mass is 10.0. The first-order chi connectivity index (χ1) is 8.93. The van der Waals surface area contributed by atoms with E-state index in [0.717, 1.165) is 19.3 Å². The van der Waals surface area contributed by atoms with Gasteiger partial charge in [0.25, 0.3) is 10.2 Å². The molecule has 1 unspecified atom stereocenters. The van der Waals surface area contributed by atoms with Gasteiger partial charge in [0.15, 0.2) is 0 Å². The fourth-order valence-electron chi connectivity index (χ4n) is 2.92. The zero-order valence-electron chi connectivity index (χ0n) is 11.3. The molecule has 19 heavy (non-hydrogen) atoms. The molecule has 0 amide bonds. The molecule has 0 bridgehead atoms. The van der Waals surface area contributed by atoms with E-state index in [1.54, 1.807) is 4.31 Å². The summed E-state index contributed by atoms with van der Waals surface area (Å²) in [6.45, 7) is 3.03. The van der Waals surface area contributed by atoms with Crippen LogP contribution in [0.4, 0.5) is 0 Å². The molecule has 7 heteroatoms. The summed E-state index contributed by atoms with van der Waals surface area (Å²) in [7, 11) is -3.50. The van der Waals surface area contributed by atoms with E-state index in [2.05, 4.69) is 0 Å². The van der Waals surface area contributed by atoms with Crippen LogP contribution >= 0.6 is 0 Å². The molecule has 2 saturated heterocycles. The Kier molecular flexibility index (Phi) is 4.47. The number of carboxylic acid groups (broad SMARTS) is 1. The first-order valence-corrected chi connectivity index (χ1v) is 8.32. The Morgan fingerprint density at radius 1 is 1.16 bits per heavy atom. The van der Waals surface area contributed by atoms with Gasteiger partial charge in [0.2, 0.25) is 0 Å². The Labute approximate surface area is 114 Å². The summed E-state index contributed by atoms with van der Waals surface area (Å²) < 4.78 is 28.1. The molecule has 2 rings (SSSR count). The Hall–Kier alpha value is -0.660. The van der Waals surface area contributed by atoms with Crippen LogP contribution in [0.5, 0.6) is 0 Å². The minimum atomic E-state index is -3.50. The molecule has 2 aliphatic rings. The van der Waals surface area contributed by atoms with Crippen molar-refractivity contribution < 1.29 is 18.3 Å². The number of carboxylic acids is 1. The molecule has 0 aromatic carbocycles. The van der Waals surface area contributed by atoms with Crippen molar-refractivity contribution in [2.75, 3.05) is 19.6 Å². The van der Waals surface area contributed by atoms with E-state index in [0.29, 0.717) is 25.9 Å². The molecule has 0 aromatic rings. The molecule has 2 atom stereocenters. The van der Waals surface area contributed by atoms with Crippen LogP contribution in [0.3, 0.4) is 0 Å². The molecule has 2 fully saturated rings. The molecule has 0 aromatic heterocycles. The Bertz CT molecular complexity index is 437. The maximum atomic E-state index is 12.6. The van der Waals surface area contributed by atoms with Crippen molar-refractivity contribution >= 4 is 16.2 Å². The molecule has 1 N–H and O–H groups in total. The van der Waals surface area contributed by atoms with Gasteiger partial charge in [-0.25, -0.2) is 0 Å². The highest BCUT2D eigenvalue weighted by Gasteiger charge is 2.38. The second-order valence-corrected chi connectivity index (χ2v) is 7.38. The SMILES string of the molecule is CC1CCCCN1S(=O)(=O)N1CCC[C@H](C(=O)O)C1. The highest BCUT2D eigenvalue weighted by molar-refractivity contribution is 7.86. The lowest BCUT2D eigenvalue weighted by molar-refractivity contribution is -0.142. The zero-order chi connectivity index (χ0) is 14.0. The first-order valence-electron chi connectivity index (χ1n) is 6.92. The summed E-state index contributed by atoms with van der Waals surface area (Å²) in [5.41, 5.74) is 0. The molecular weight excluding hydrogens is 268 g/mol. The van der Waals surface area contributed by atoms with E-state index in [1.165, 1.54) is 4.31 Å². The van der Waals surface area contributed by atoms with E-state index in [9.17, 15) is 13.2 Å². The predicted octanol–water partition coefficient (Wildman–Crippen LogP) is 0.902.